The van der Waals surface area contributed by atoms with Crippen LogP contribution in [-0.4, -0.2) is 10.1 Å². The van der Waals surface area contributed by atoms with E-state index in [4.69, 9.17) is 4.52 Å². The molecular formula is C8H5N2O. The number of benzene rings is 1. The van der Waals surface area contributed by atoms with Crippen molar-refractivity contribution in [1.29, 1.82) is 0 Å². The third-order valence-corrected chi connectivity index (χ3v) is 1.33. The third kappa shape index (κ3) is 1.12. The third-order valence-electron chi connectivity index (χ3n) is 1.33. The first-order chi connectivity index (χ1) is 5.47. The van der Waals surface area contributed by atoms with Crippen LogP contribution in [0.4, 0.5) is 0 Å². The van der Waals surface area contributed by atoms with Gasteiger partial charge in [-0.15, -0.1) is 0 Å². The Bertz CT molecular complexity index is 315. The second-order valence-corrected chi connectivity index (χ2v) is 2.04. The van der Waals surface area contributed by atoms with Crippen molar-refractivity contribution in [2.75, 3.05) is 0 Å². The van der Waals surface area contributed by atoms with E-state index in [1.54, 1.807) is 12.1 Å². The molecule has 0 bridgehead atoms. The fourth-order valence-electron chi connectivity index (χ4n) is 0.830. The van der Waals surface area contributed by atoms with Crippen molar-refractivity contribution in [3.8, 4) is 11.5 Å². The molecule has 2 aromatic rings. The Hall–Kier alpha value is -1.64. The maximum atomic E-state index is 4.84. The highest BCUT2D eigenvalue weighted by Crippen LogP contribution is 2.13. The molecule has 3 nitrogen and oxygen atoms in total. The molecule has 0 unspecified atom stereocenters. The minimum atomic E-state index is 0.541. The van der Waals surface area contributed by atoms with Crippen LogP contribution < -0.4 is 0 Å². The minimum Gasteiger partial charge on any atom is -0.334 e. The first-order valence-electron chi connectivity index (χ1n) is 3.20. The Labute approximate surface area is 63.7 Å². The number of hydrogen-bond donors (Lipinski definition) is 0. The summed E-state index contributed by atoms with van der Waals surface area (Å²) in [7, 11) is 0. The van der Waals surface area contributed by atoms with Crippen molar-refractivity contribution >= 4 is 0 Å². The molecule has 0 amide bonds. The Morgan fingerprint density at radius 1 is 1.27 bits per heavy atom. The van der Waals surface area contributed by atoms with E-state index in [1.807, 2.05) is 12.1 Å². The van der Waals surface area contributed by atoms with Crippen LogP contribution in [0.5, 0.6) is 0 Å². The van der Waals surface area contributed by atoms with Gasteiger partial charge in [-0.2, -0.15) is 4.98 Å². The first-order valence-corrected chi connectivity index (χ1v) is 3.20. The van der Waals surface area contributed by atoms with Crippen molar-refractivity contribution in [3.05, 3.63) is 36.7 Å². The smallest absolute Gasteiger partial charge is 0.257 e. The fourth-order valence-corrected chi connectivity index (χ4v) is 0.830. The van der Waals surface area contributed by atoms with Gasteiger partial charge in [-0.05, 0) is 18.2 Å². The number of rotatable bonds is 1. The van der Waals surface area contributed by atoms with Crippen LogP contribution in [0.2, 0.25) is 0 Å². The van der Waals surface area contributed by atoms with Crippen LogP contribution in [0.15, 0.2) is 35.1 Å². The molecule has 1 aromatic carbocycles. The zero-order valence-electron chi connectivity index (χ0n) is 5.69. The predicted molar refractivity (Wildman–Crippen MR) is 38.6 cm³/mol. The zero-order chi connectivity index (χ0) is 7.52. The lowest BCUT2D eigenvalue weighted by Crippen LogP contribution is -1.73. The second-order valence-electron chi connectivity index (χ2n) is 2.04. The molecule has 1 aromatic heterocycles. The summed E-state index contributed by atoms with van der Waals surface area (Å²) in [6.45, 7) is 0. The Morgan fingerprint density at radius 2 is 2.09 bits per heavy atom. The molecule has 0 fully saturated rings. The van der Waals surface area contributed by atoms with E-state index in [2.05, 4.69) is 16.2 Å². The summed E-state index contributed by atoms with van der Waals surface area (Å²) in [6, 6.07) is 10.3. The molecule has 3 heteroatoms. The maximum absolute atomic E-state index is 4.84. The quantitative estimate of drug-likeness (QED) is 0.610. The first kappa shape index (κ1) is 6.09. The lowest BCUT2D eigenvalue weighted by Gasteiger charge is -1.89. The van der Waals surface area contributed by atoms with E-state index in [9.17, 15) is 0 Å². The fraction of sp³-hybridized carbons (Fsp3) is 0. The summed E-state index contributed by atoms with van der Waals surface area (Å²) in [5, 5.41) is 3.50. The Kier molecular flexibility index (Phi) is 1.41. The average Bonchev–Trinajstić information content (AvgIpc) is 2.58. The Balaban J connectivity index is 2.46. The zero-order valence-corrected chi connectivity index (χ0v) is 5.69. The number of aromatic nitrogens is 2. The molecule has 11 heavy (non-hydrogen) atoms. The van der Waals surface area contributed by atoms with Gasteiger partial charge in [0.25, 0.3) is 5.89 Å². The molecule has 1 heterocycles. The van der Waals surface area contributed by atoms with Gasteiger partial charge in [0.2, 0.25) is 0 Å². The highest BCUT2D eigenvalue weighted by Gasteiger charge is 1.99. The van der Waals surface area contributed by atoms with E-state index >= 15 is 0 Å². The van der Waals surface area contributed by atoms with Crippen LogP contribution in [-0.2, 0) is 0 Å². The summed E-state index contributed by atoms with van der Waals surface area (Å²) in [4.78, 5) is 3.89. The maximum Gasteiger partial charge on any atom is 0.257 e. The van der Waals surface area contributed by atoms with Gasteiger partial charge in [-0.3, -0.25) is 0 Å². The molecular weight excluding hydrogens is 140 g/mol. The highest BCUT2D eigenvalue weighted by atomic mass is 16.5. The van der Waals surface area contributed by atoms with Crippen molar-refractivity contribution in [1.82, 2.24) is 10.1 Å². The van der Waals surface area contributed by atoms with Crippen LogP contribution >= 0.6 is 0 Å². The van der Waals surface area contributed by atoms with Crippen molar-refractivity contribution in [2.24, 2.45) is 0 Å². The summed E-state index contributed by atoms with van der Waals surface area (Å²) in [5.41, 5.74) is 0.918. The van der Waals surface area contributed by atoms with Crippen LogP contribution in [0, 0.1) is 6.07 Å². The topological polar surface area (TPSA) is 38.9 Å². The molecule has 53 valence electrons. The largest absolute Gasteiger partial charge is 0.334 e. The second kappa shape index (κ2) is 2.54. The molecule has 2 rings (SSSR count). The van der Waals surface area contributed by atoms with Crippen LogP contribution in [0.1, 0.15) is 0 Å². The van der Waals surface area contributed by atoms with Gasteiger partial charge in [0.05, 0.1) is 0 Å². The van der Waals surface area contributed by atoms with Crippen LogP contribution in [0.25, 0.3) is 11.5 Å². The summed E-state index contributed by atoms with van der Waals surface area (Å²) in [6.07, 6.45) is 1.38. The van der Waals surface area contributed by atoms with Gasteiger partial charge in [-0.1, -0.05) is 17.3 Å². The molecule has 0 aliphatic carbocycles. The summed E-state index contributed by atoms with van der Waals surface area (Å²) in [5.74, 6) is 0.541. The van der Waals surface area contributed by atoms with E-state index in [0.29, 0.717) is 5.89 Å². The van der Waals surface area contributed by atoms with Crippen molar-refractivity contribution in [3.63, 3.8) is 0 Å². The van der Waals surface area contributed by atoms with E-state index in [1.165, 1.54) is 6.33 Å². The molecule has 1 radical (unpaired) electrons. The van der Waals surface area contributed by atoms with E-state index in [-0.39, 0.29) is 0 Å². The highest BCUT2D eigenvalue weighted by molar-refractivity contribution is 5.51. The molecule has 0 saturated carbocycles. The van der Waals surface area contributed by atoms with Gasteiger partial charge < -0.3 is 4.52 Å². The molecule has 0 saturated heterocycles. The normalized spacial score (nSPS) is 9.82. The molecule has 0 spiro atoms. The molecule has 0 aliphatic heterocycles. The van der Waals surface area contributed by atoms with Gasteiger partial charge in [0, 0.05) is 5.56 Å². The van der Waals surface area contributed by atoms with Gasteiger partial charge in [-0.25, -0.2) is 0 Å². The van der Waals surface area contributed by atoms with Crippen molar-refractivity contribution < 1.29 is 4.52 Å². The van der Waals surface area contributed by atoms with Gasteiger partial charge >= 0.3 is 0 Å². The average molecular weight is 145 g/mol. The molecule has 0 atom stereocenters. The Morgan fingerprint density at radius 3 is 2.73 bits per heavy atom. The van der Waals surface area contributed by atoms with Gasteiger partial charge in [0.15, 0.2) is 6.33 Å². The summed E-state index contributed by atoms with van der Waals surface area (Å²) < 4.78 is 4.84. The lowest BCUT2D eigenvalue weighted by molar-refractivity contribution is 0.430. The molecule has 0 aliphatic rings. The minimum absolute atomic E-state index is 0.541. The van der Waals surface area contributed by atoms with Crippen LogP contribution in [0.3, 0.4) is 0 Å². The SMILES string of the molecule is [c]1ccc(-c2ncno2)cc1. The summed E-state index contributed by atoms with van der Waals surface area (Å²) >= 11 is 0. The van der Waals surface area contributed by atoms with Gasteiger partial charge in [0.1, 0.15) is 0 Å². The standard InChI is InChI=1S/C8H5N2O/c1-2-4-7(5-3-1)8-9-6-10-11-8/h2-6H. The van der Waals surface area contributed by atoms with E-state index < -0.39 is 0 Å². The monoisotopic (exact) mass is 145 g/mol. The van der Waals surface area contributed by atoms with Crippen molar-refractivity contribution in [2.45, 2.75) is 0 Å². The lowest BCUT2D eigenvalue weighted by atomic mass is 10.2. The van der Waals surface area contributed by atoms with E-state index in [0.717, 1.165) is 5.56 Å². The number of nitrogens with zero attached hydrogens (tertiary/aromatic N) is 2. The number of hydrogen-bond acceptors (Lipinski definition) is 3. The predicted octanol–water partition coefficient (Wildman–Crippen LogP) is 1.54. The molecule has 0 N–H and O–H groups in total.